The van der Waals surface area contributed by atoms with Gasteiger partial charge in [0.2, 0.25) is 11.8 Å². The van der Waals surface area contributed by atoms with Gasteiger partial charge in [-0.2, -0.15) is 0 Å². The number of hydrogen-bond donors (Lipinski definition) is 1. The highest BCUT2D eigenvalue weighted by Crippen LogP contribution is 2.12. The van der Waals surface area contributed by atoms with E-state index in [1.807, 2.05) is 20.9 Å². The van der Waals surface area contributed by atoms with Crippen LogP contribution in [-0.4, -0.2) is 66.7 Å². The van der Waals surface area contributed by atoms with Gasteiger partial charge in [0, 0.05) is 44.6 Å². The van der Waals surface area contributed by atoms with Crippen LogP contribution in [0.3, 0.4) is 0 Å². The number of likely N-dealkylation sites (N-methyl/N-ethyl adjacent to an activating group) is 1. The van der Waals surface area contributed by atoms with E-state index in [0.717, 1.165) is 13.1 Å². The third-order valence-electron chi connectivity index (χ3n) is 4.90. The summed E-state index contributed by atoms with van der Waals surface area (Å²) in [4.78, 5) is 41.3. The molecule has 6 nitrogen and oxygen atoms in total. The van der Waals surface area contributed by atoms with Crippen LogP contribution in [0.2, 0.25) is 0 Å². The Labute approximate surface area is 166 Å². The fourth-order valence-corrected chi connectivity index (χ4v) is 3.21. The third-order valence-corrected chi connectivity index (χ3v) is 4.90. The van der Waals surface area contributed by atoms with Crippen LogP contribution in [-0.2, 0) is 9.59 Å². The van der Waals surface area contributed by atoms with Gasteiger partial charge in [0.1, 0.15) is 11.9 Å². The van der Waals surface area contributed by atoms with Gasteiger partial charge >= 0.3 is 0 Å². The number of carbonyl (C=O) groups excluding carboxylic acids is 3. The normalized spacial score (nSPS) is 16.1. The number of nitrogens with zero attached hydrogens (tertiary/aromatic N) is 2. The zero-order chi connectivity index (χ0) is 20.7. The molecule has 0 unspecified atom stereocenters. The summed E-state index contributed by atoms with van der Waals surface area (Å²) in [5.41, 5.74) is 0.376. The Bertz CT molecular complexity index is 683. The minimum absolute atomic E-state index is 0.000816. The Hall–Kier alpha value is -2.28. The smallest absolute Gasteiger partial charge is 0.245 e. The molecule has 2 amide bonds. The van der Waals surface area contributed by atoms with Crippen molar-refractivity contribution in [3.63, 3.8) is 0 Å². The zero-order valence-electron chi connectivity index (χ0n) is 16.9. The van der Waals surface area contributed by atoms with E-state index < -0.39 is 11.9 Å². The monoisotopic (exact) mass is 391 g/mol. The summed E-state index contributed by atoms with van der Waals surface area (Å²) in [6, 6.07) is 4.69. The fourth-order valence-electron chi connectivity index (χ4n) is 3.21. The standard InChI is InChI=1S/C21H30FN3O3/c1-15(2)14-18(21(28)25-12-10-24(3)11-13-25)23-20(27)9-8-19(26)16-4-6-17(22)7-5-16/h4-7,15,18H,8-14H2,1-3H3,(H,23,27)/t18-/m0/s1. The number of piperazine rings is 1. The molecule has 28 heavy (non-hydrogen) atoms. The Morgan fingerprint density at radius 2 is 1.64 bits per heavy atom. The van der Waals surface area contributed by atoms with Gasteiger partial charge in [-0.1, -0.05) is 13.8 Å². The van der Waals surface area contributed by atoms with Crippen LogP contribution in [0.1, 0.15) is 43.5 Å². The summed E-state index contributed by atoms with van der Waals surface area (Å²) in [7, 11) is 2.02. The predicted octanol–water partition coefficient (Wildman–Crippen LogP) is 2.09. The number of hydrogen-bond acceptors (Lipinski definition) is 4. The maximum atomic E-state index is 12.9. The maximum Gasteiger partial charge on any atom is 0.245 e. The number of ketones is 1. The van der Waals surface area contributed by atoms with E-state index in [1.165, 1.54) is 24.3 Å². The third kappa shape index (κ3) is 6.71. The van der Waals surface area contributed by atoms with Crippen molar-refractivity contribution in [2.24, 2.45) is 5.92 Å². The summed E-state index contributed by atoms with van der Waals surface area (Å²) >= 11 is 0. The average molecular weight is 391 g/mol. The first kappa shape index (κ1) is 22.0. The van der Waals surface area contributed by atoms with Gasteiger partial charge in [-0.25, -0.2) is 4.39 Å². The van der Waals surface area contributed by atoms with Crippen molar-refractivity contribution in [3.8, 4) is 0 Å². The van der Waals surface area contributed by atoms with Gasteiger partial charge < -0.3 is 15.1 Å². The fraction of sp³-hybridized carbons (Fsp3) is 0.571. The van der Waals surface area contributed by atoms with Crippen molar-refractivity contribution in [2.45, 2.75) is 39.2 Å². The first-order valence-corrected chi connectivity index (χ1v) is 9.81. The minimum atomic E-state index is -0.572. The molecule has 0 radical (unpaired) electrons. The number of rotatable bonds is 8. The second-order valence-corrected chi connectivity index (χ2v) is 7.81. The molecule has 1 aliphatic heterocycles. The largest absolute Gasteiger partial charge is 0.344 e. The van der Waals surface area contributed by atoms with Gasteiger partial charge in [0.15, 0.2) is 5.78 Å². The van der Waals surface area contributed by atoms with Crippen molar-refractivity contribution in [2.75, 3.05) is 33.2 Å². The Morgan fingerprint density at radius 1 is 1.04 bits per heavy atom. The molecule has 0 saturated carbocycles. The quantitative estimate of drug-likeness (QED) is 0.689. The molecule has 7 heteroatoms. The van der Waals surface area contributed by atoms with Crippen molar-refractivity contribution < 1.29 is 18.8 Å². The van der Waals surface area contributed by atoms with E-state index in [4.69, 9.17) is 0 Å². The zero-order valence-corrected chi connectivity index (χ0v) is 16.9. The summed E-state index contributed by atoms with van der Waals surface area (Å²) in [6.45, 7) is 6.97. The van der Waals surface area contributed by atoms with Crippen LogP contribution in [0.25, 0.3) is 0 Å². The molecule has 1 atom stereocenters. The Kier molecular flexibility index (Phi) is 8.11. The number of nitrogens with one attached hydrogen (secondary N) is 1. The summed E-state index contributed by atoms with van der Waals surface area (Å²) < 4.78 is 12.9. The van der Waals surface area contributed by atoms with Crippen molar-refractivity contribution in [3.05, 3.63) is 35.6 Å². The van der Waals surface area contributed by atoms with Gasteiger partial charge in [-0.05, 0) is 43.7 Å². The SMILES string of the molecule is CC(C)C[C@H](NC(=O)CCC(=O)c1ccc(F)cc1)C(=O)N1CCN(C)CC1. The van der Waals surface area contributed by atoms with Crippen LogP contribution in [0, 0.1) is 11.7 Å². The summed E-state index contributed by atoms with van der Waals surface area (Å²) in [5, 5.41) is 2.82. The predicted molar refractivity (Wildman–Crippen MR) is 105 cm³/mol. The second kappa shape index (κ2) is 10.3. The van der Waals surface area contributed by atoms with Crippen LogP contribution < -0.4 is 5.32 Å². The van der Waals surface area contributed by atoms with Gasteiger partial charge in [0.25, 0.3) is 0 Å². The topological polar surface area (TPSA) is 69.7 Å². The molecule has 1 aromatic rings. The molecule has 1 saturated heterocycles. The minimum Gasteiger partial charge on any atom is -0.344 e. The van der Waals surface area contributed by atoms with Crippen LogP contribution in [0.4, 0.5) is 4.39 Å². The lowest BCUT2D eigenvalue weighted by Gasteiger charge is -2.35. The van der Waals surface area contributed by atoms with Gasteiger partial charge in [-0.3, -0.25) is 14.4 Å². The van der Waals surface area contributed by atoms with Crippen LogP contribution in [0.5, 0.6) is 0 Å². The molecule has 1 aromatic carbocycles. The van der Waals surface area contributed by atoms with Gasteiger partial charge in [0.05, 0.1) is 0 Å². The van der Waals surface area contributed by atoms with E-state index in [9.17, 15) is 18.8 Å². The molecule has 0 bridgehead atoms. The van der Waals surface area contributed by atoms with E-state index in [2.05, 4.69) is 10.2 Å². The average Bonchev–Trinajstić information content (AvgIpc) is 2.66. The van der Waals surface area contributed by atoms with E-state index in [1.54, 1.807) is 4.90 Å². The summed E-state index contributed by atoms with van der Waals surface area (Å²) in [5.74, 6) is -0.750. The summed E-state index contributed by atoms with van der Waals surface area (Å²) in [6.07, 6.45) is 0.582. The number of halogens is 1. The van der Waals surface area contributed by atoms with Crippen LogP contribution in [0.15, 0.2) is 24.3 Å². The lowest BCUT2D eigenvalue weighted by molar-refractivity contribution is -0.138. The number of Topliss-reactive ketones (excluding diaryl/α,β-unsaturated/α-hetero) is 1. The highest BCUT2D eigenvalue weighted by Gasteiger charge is 2.28. The van der Waals surface area contributed by atoms with E-state index >= 15 is 0 Å². The first-order chi connectivity index (χ1) is 13.3. The molecule has 2 rings (SSSR count). The number of amides is 2. The number of benzene rings is 1. The molecule has 0 aliphatic carbocycles. The molecule has 0 spiro atoms. The first-order valence-electron chi connectivity index (χ1n) is 9.81. The molecule has 1 heterocycles. The maximum absolute atomic E-state index is 12.9. The lowest BCUT2D eigenvalue weighted by Crippen LogP contribution is -2.54. The molecule has 0 aromatic heterocycles. The number of carbonyl (C=O) groups is 3. The van der Waals surface area contributed by atoms with Gasteiger partial charge in [-0.15, -0.1) is 0 Å². The lowest BCUT2D eigenvalue weighted by atomic mass is 10.0. The van der Waals surface area contributed by atoms with Crippen LogP contribution >= 0.6 is 0 Å². The van der Waals surface area contributed by atoms with E-state index in [0.29, 0.717) is 25.1 Å². The molecular weight excluding hydrogens is 361 g/mol. The molecule has 1 N–H and O–H groups in total. The molecular formula is C21H30FN3O3. The van der Waals surface area contributed by atoms with E-state index in [-0.39, 0.29) is 36.4 Å². The molecule has 1 fully saturated rings. The second-order valence-electron chi connectivity index (χ2n) is 7.81. The highest BCUT2D eigenvalue weighted by molar-refractivity contribution is 5.98. The van der Waals surface area contributed by atoms with Crippen molar-refractivity contribution in [1.29, 1.82) is 0 Å². The van der Waals surface area contributed by atoms with Crippen molar-refractivity contribution >= 4 is 17.6 Å². The van der Waals surface area contributed by atoms with Crippen molar-refractivity contribution in [1.82, 2.24) is 15.1 Å². The Balaban J connectivity index is 1.90. The highest BCUT2D eigenvalue weighted by atomic mass is 19.1. The Morgan fingerprint density at radius 3 is 2.21 bits per heavy atom. The molecule has 1 aliphatic rings. The molecule has 154 valence electrons.